The molecule has 3 aliphatic rings. The fourth-order valence-electron chi connectivity index (χ4n) is 4.97. The van der Waals surface area contributed by atoms with Gasteiger partial charge in [0.2, 0.25) is 12.7 Å². The quantitative estimate of drug-likeness (QED) is 0.777. The Labute approximate surface area is 163 Å². The molecule has 150 valence electrons. The van der Waals surface area contributed by atoms with E-state index in [4.69, 9.17) is 9.47 Å². The molecule has 1 saturated carbocycles. The van der Waals surface area contributed by atoms with Crippen LogP contribution in [0.15, 0.2) is 18.2 Å². The zero-order valence-electron chi connectivity index (χ0n) is 16.3. The first-order valence-corrected chi connectivity index (χ1v) is 9.51. The van der Waals surface area contributed by atoms with E-state index in [0.717, 1.165) is 11.3 Å². The number of fused-ring (bicyclic) bond motifs is 1. The summed E-state index contributed by atoms with van der Waals surface area (Å²) in [7, 11) is 0. The Bertz CT molecular complexity index is 852. The standard InChI is InChI=1S/C20H25N3O5/c1-12-7-19(2,3)10-20(8-12)17(25)23(18(26)22-20)9-16(24)21-13-4-5-14-15(6-13)28-11-27-14/h4-6,12H,7-11H2,1-3H3,(H,21,24)(H,22,26)/t12-,20-/m0/s1. The van der Waals surface area contributed by atoms with Crippen molar-refractivity contribution in [1.29, 1.82) is 0 Å². The van der Waals surface area contributed by atoms with Crippen LogP contribution in [0.25, 0.3) is 0 Å². The predicted octanol–water partition coefficient (Wildman–Crippen LogP) is 2.49. The Kier molecular flexibility index (Phi) is 4.24. The Morgan fingerprint density at radius 1 is 1.25 bits per heavy atom. The lowest BCUT2D eigenvalue weighted by Gasteiger charge is -2.43. The monoisotopic (exact) mass is 387 g/mol. The smallest absolute Gasteiger partial charge is 0.325 e. The van der Waals surface area contributed by atoms with Crippen LogP contribution in [0.4, 0.5) is 10.5 Å². The molecule has 28 heavy (non-hydrogen) atoms. The molecule has 8 heteroatoms. The van der Waals surface area contributed by atoms with Crippen molar-refractivity contribution in [2.24, 2.45) is 11.3 Å². The molecular weight excluding hydrogens is 362 g/mol. The normalized spacial score (nSPS) is 27.8. The van der Waals surface area contributed by atoms with E-state index in [-0.39, 0.29) is 24.7 Å². The van der Waals surface area contributed by atoms with E-state index in [1.165, 1.54) is 0 Å². The molecule has 2 aliphatic heterocycles. The van der Waals surface area contributed by atoms with E-state index in [1.807, 2.05) is 0 Å². The van der Waals surface area contributed by atoms with Gasteiger partial charge in [-0.2, -0.15) is 0 Å². The number of carbonyl (C=O) groups is 3. The lowest BCUT2D eigenvalue weighted by Crippen LogP contribution is -2.54. The number of nitrogens with zero attached hydrogens (tertiary/aromatic N) is 1. The summed E-state index contributed by atoms with van der Waals surface area (Å²) in [5.41, 5.74) is -0.439. The van der Waals surface area contributed by atoms with Crippen LogP contribution in [0, 0.1) is 11.3 Å². The van der Waals surface area contributed by atoms with Crippen molar-refractivity contribution in [3.05, 3.63) is 18.2 Å². The summed E-state index contributed by atoms with van der Waals surface area (Å²) in [6.07, 6.45) is 2.18. The van der Waals surface area contributed by atoms with Crippen LogP contribution in [0.5, 0.6) is 11.5 Å². The average Bonchev–Trinajstić information content (AvgIpc) is 3.11. The lowest BCUT2D eigenvalue weighted by molar-refractivity contribution is -0.136. The molecule has 1 spiro atoms. The van der Waals surface area contributed by atoms with E-state index in [9.17, 15) is 14.4 Å². The second kappa shape index (κ2) is 6.39. The van der Waals surface area contributed by atoms with Crippen molar-refractivity contribution in [1.82, 2.24) is 10.2 Å². The zero-order chi connectivity index (χ0) is 20.1. The maximum absolute atomic E-state index is 13.1. The van der Waals surface area contributed by atoms with Crippen LogP contribution in [0.1, 0.15) is 40.0 Å². The van der Waals surface area contributed by atoms with Crippen molar-refractivity contribution in [2.45, 2.75) is 45.6 Å². The minimum Gasteiger partial charge on any atom is -0.454 e. The van der Waals surface area contributed by atoms with E-state index in [2.05, 4.69) is 31.4 Å². The number of hydrogen-bond donors (Lipinski definition) is 2. The van der Waals surface area contributed by atoms with Crippen molar-refractivity contribution in [3.8, 4) is 11.5 Å². The highest BCUT2D eigenvalue weighted by Gasteiger charge is 2.56. The Morgan fingerprint density at radius 3 is 2.75 bits per heavy atom. The molecule has 4 amide bonds. The first kappa shape index (κ1) is 18.6. The molecule has 2 heterocycles. The summed E-state index contributed by atoms with van der Waals surface area (Å²) in [5.74, 6) is 0.726. The highest BCUT2D eigenvalue weighted by Crippen LogP contribution is 2.46. The van der Waals surface area contributed by atoms with Gasteiger partial charge >= 0.3 is 6.03 Å². The van der Waals surface area contributed by atoms with Crippen LogP contribution in [0.3, 0.4) is 0 Å². The Hall–Kier alpha value is -2.77. The van der Waals surface area contributed by atoms with Gasteiger partial charge in [-0.05, 0) is 42.7 Å². The van der Waals surface area contributed by atoms with Gasteiger partial charge in [-0.25, -0.2) is 4.79 Å². The maximum atomic E-state index is 13.1. The number of ether oxygens (including phenoxy) is 2. The molecule has 1 saturated heterocycles. The minimum atomic E-state index is -0.905. The molecular formula is C20H25N3O5. The summed E-state index contributed by atoms with van der Waals surface area (Å²) in [6, 6.07) is 4.53. The van der Waals surface area contributed by atoms with E-state index < -0.39 is 17.5 Å². The van der Waals surface area contributed by atoms with Crippen molar-refractivity contribution < 1.29 is 23.9 Å². The average molecular weight is 387 g/mol. The molecule has 0 bridgehead atoms. The number of carbonyl (C=O) groups excluding carboxylic acids is 3. The topological polar surface area (TPSA) is 97.0 Å². The number of benzene rings is 1. The zero-order valence-corrected chi connectivity index (χ0v) is 16.3. The van der Waals surface area contributed by atoms with E-state index in [0.29, 0.717) is 35.9 Å². The molecule has 0 unspecified atom stereocenters. The van der Waals surface area contributed by atoms with Gasteiger partial charge < -0.3 is 20.1 Å². The Balaban J connectivity index is 1.45. The molecule has 0 radical (unpaired) electrons. The molecule has 4 rings (SSSR count). The fourth-order valence-corrected chi connectivity index (χ4v) is 4.97. The second-order valence-corrected chi connectivity index (χ2v) is 8.87. The highest BCUT2D eigenvalue weighted by molar-refractivity contribution is 6.10. The molecule has 1 aromatic rings. The molecule has 2 fully saturated rings. The van der Waals surface area contributed by atoms with Gasteiger partial charge in [-0.1, -0.05) is 20.8 Å². The third-order valence-electron chi connectivity index (χ3n) is 5.58. The third-order valence-corrected chi connectivity index (χ3v) is 5.58. The molecule has 0 aromatic heterocycles. The van der Waals surface area contributed by atoms with Gasteiger partial charge in [-0.15, -0.1) is 0 Å². The van der Waals surface area contributed by atoms with Crippen LogP contribution in [-0.4, -0.2) is 41.6 Å². The van der Waals surface area contributed by atoms with Crippen molar-refractivity contribution in [3.63, 3.8) is 0 Å². The van der Waals surface area contributed by atoms with E-state index in [1.54, 1.807) is 18.2 Å². The van der Waals surface area contributed by atoms with Crippen LogP contribution < -0.4 is 20.1 Å². The van der Waals surface area contributed by atoms with Gasteiger partial charge in [0.1, 0.15) is 12.1 Å². The van der Waals surface area contributed by atoms with Crippen LogP contribution in [0.2, 0.25) is 0 Å². The largest absolute Gasteiger partial charge is 0.454 e. The highest BCUT2D eigenvalue weighted by atomic mass is 16.7. The SMILES string of the molecule is C[C@H]1CC(C)(C)C[C@]2(C1)NC(=O)N(CC(=O)Nc1ccc3c(c1)OCO3)C2=O. The number of urea groups is 1. The first-order valence-electron chi connectivity index (χ1n) is 9.51. The summed E-state index contributed by atoms with van der Waals surface area (Å²) in [5, 5.41) is 5.59. The Morgan fingerprint density at radius 2 is 2.00 bits per heavy atom. The third kappa shape index (κ3) is 3.27. The number of anilines is 1. The summed E-state index contributed by atoms with van der Waals surface area (Å²) >= 11 is 0. The van der Waals surface area contributed by atoms with Gasteiger partial charge in [0.15, 0.2) is 11.5 Å². The number of hydrogen-bond acceptors (Lipinski definition) is 5. The van der Waals surface area contributed by atoms with Gasteiger partial charge in [0, 0.05) is 11.8 Å². The van der Waals surface area contributed by atoms with Crippen molar-refractivity contribution >= 4 is 23.5 Å². The van der Waals surface area contributed by atoms with Gasteiger partial charge in [-0.3, -0.25) is 14.5 Å². The second-order valence-electron chi connectivity index (χ2n) is 8.87. The first-order chi connectivity index (χ1) is 13.2. The molecule has 2 N–H and O–H groups in total. The maximum Gasteiger partial charge on any atom is 0.325 e. The van der Waals surface area contributed by atoms with E-state index >= 15 is 0 Å². The predicted molar refractivity (Wildman–Crippen MR) is 101 cm³/mol. The fraction of sp³-hybridized carbons (Fsp3) is 0.550. The van der Waals surface area contributed by atoms with Crippen molar-refractivity contribution in [2.75, 3.05) is 18.7 Å². The summed E-state index contributed by atoms with van der Waals surface area (Å²) < 4.78 is 10.5. The minimum absolute atomic E-state index is 0.0502. The number of amides is 4. The molecule has 2 atom stereocenters. The number of rotatable bonds is 3. The summed E-state index contributed by atoms with van der Waals surface area (Å²) in [6.45, 7) is 6.14. The van der Waals surface area contributed by atoms with Crippen LogP contribution in [-0.2, 0) is 9.59 Å². The number of imide groups is 1. The molecule has 1 aliphatic carbocycles. The lowest BCUT2D eigenvalue weighted by atomic mass is 9.64. The number of nitrogens with one attached hydrogen (secondary N) is 2. The molecule has 1 aromatic carbocycles. The molecule has 8 nitrogen and oxygen atoms in total. The van der Waals surface area contributed by atoms with Gasteiger partial charge in [0.05, 0.1) is 0 Å². The summed E-state index contributed by atoms with van der Waals surface area (Å²) in [4.78, 5) is 39.1. The van der Waals surface area contributed by atoms with Crippen LogP contribution >= 0.6 is 0 Å². The van der Waals surface area contributed by atoms with Gasteiger partial charge in [0.25, 0.3) is 5.91 Å².